The normalized spacial score (nSPS) is 10.5. The Morgan fingerprint density at radius 2 is 2.31 bits per heavy atom. The van der Waals surface area contributed by atoms with Gasteiger partial charge in [0.1, 0.15) is 0 Å². The van der Waals surface area contributed by atoms with Gasteiger partial charge >= 0.3 is 0 Å². The maximum Gasteiger partial charge on any atom is 0.272 e. The summed E-state index contributed by atoms with van der Waals surface area (Å²) in [5, 5.41) is 7.76. The minimum atomic E-state index is -0.118. The molecule has 2 aromatic rings. The molecule has 0 aliphatic rings. The van der Waals surface area contributed by atoms with E-state index in [1.54, 1.807) is 6.20 Å². The molecule has 0 aliphatic carbocycles. The van der Waals surface area contributed by atoms with Gasteiger partial charge in [-0.3, -0.25) is 4.79 Å². The molecule has 0 radical (unpaired) electrons. The number of aryl methyl sites for hydroxylation is 1. The molecule has 2 rings (SSSR count). The minimum absolute atomic E-state index is 0.118. The predicted octanol–water partition coefficient (Wildman–Crippen LogP) is 1.49. The molecule has 66 valence electrons. The van der Waals surface area contributed by atoms with E-state index in [2.05, 4.69) is 17.1 Å². The first-order chi connectivity index (χ1) is 6.31. The van der Waals surface area contributed by atoms with E-state index in [0.29, 0.717) is 5.39 Å². The molecule has 1 N–H and O–H groups in total. The summed E-state index contributed by atoms with van der Waals surface area (Å²) in [6.45, 7) is 2.07. The van der Waals surface area contributed by atoms with Crippen LogP contribution in [0.5, 0.6) is 0 Å². The summed E-state index contributed by atoms with van der Waals surface area (Å²) in [6.07, 6.45) is 2.61. The molecular weight excluding hydrogens is 164 g/mol. The molecule has 0 saturated carbocycles. The number of benzene rings is 1. The third kappa shape index (κ3) is 1.33. The van der Waals surface area contributed by atoms with E-state index in [1.165, 1.54) is 5.56 Å². The summed E-state index contributed by atoms with van der Waals surface area (Å²) in [4.78, 5) is 11.3. The molecule has 0 unspecified atom stereocenters. The van der Waals surface area contributed by atoms with Crippen LogP contribution in [0, 0.1) is 0 Å². The van der Waals surface area contributed by atoms with E-state index in [4.69, 9.17) is 0 Å². The van der Waals surface area contributed by atoms with E-state index in [0.717, 1.165) is 11.8 Å². The van der Waals surface area contributed by atoms with Crippen molar-refractivity contribution in [3.63, 3.8) is 0 Å². The number of nitrogens with zero attached hydrogens (tertiary/aromatic N) is 1. The van der Waals surface area contributed by atoms with Crippen molar-refractivity contribution in [3.05, 3.63) is 40.3 Å². The van der Waals surface area contributed by atoms with Crippen molar-refractivity contribution in [1.82, 2.24) is 10.2 Å². The van der Waals surface area contributed by atoms with Crippen LogP contribution in [0.1, 0.15) is 12.5 Å². The average Bonchev–Trinajstić information content (AvgIpc) is 2.18. The monoisotopic (exact) mass is 174 g/mol. The van der Waals surface area contributed by atoms with Crippen LogP contribution in [0.2, 0.25) is 0 Å². The fourth-order valence-electron chi connectivity index (χ4n) is 1.35. The number of H-pyrrole nitrogens is 1. The number of hydrogen-bond donors (Lipinski definition) is 1. The molecule has 0 atom stereocenters. The zero-order valence-corrected chi connectivity index (χ0v) is 7.37. The van der Waals surface area contributed by atoms with Gasteiger partial charge in [-0.05, 0) is 18.1 Å². The first-order valence-corrected chi connectivity index (χ1v) is 4.27. The summed E-state index contributed by atoms with van der Waals surface area (Å²) >= 11 is 0. The second kappa shape index (κ2) is 3.01. The third-order valence-corrected chi connectivity index (χ3v) is 2.14. The highest BCUT2D eigenvalue weighted by Gasteiger charge is 1.98. The van der Waals surface area contributed by atoms with Gasteiger partial charge < -0.3 is 0 Å². The standard InChI is InChI=1S/C10H10N2O/c1-2-7-3-4-8-6-11-12-10(13)9(8)5-7/h3-6H,2H2,1H3,(H,12,13). The topological polar surface area (TPSA) is 45.8 Å². The molecule has 3 nitrogen and oxygen atoms in total. The SMILES string of the molecule is CCc1ccc2cn[nH]c(=O)c2c1. The van der Waals surface area contributed by atoms with Crippen molar-refractivity contribution in [2.45, 2.75) is 13.3 Å². The Labute approximate surface area is 75.4 Å². The van der Waals surface area contributed by atoms with Gasteiger partial charge in [-0.2, -0.15) is 5.10 Å². The van der Waals surface area contributed by atoms with Gasteiger partial charge in [0, 0.05) is 5.39 Å². The summed E-state index contributed by atoms with van der Waals surface area (Å²) in [5.41, 5.74) is 1.05. The van der Waals surface area contributed by atoms with Crippen LogP contribution in [0.15, 0.2) is 29.2 Å². The Morgan fingerprint density at radius 3 is 3.08 bits per heavy atom. The summed E-state index contributed by atoms with van der Waals surface area (Å²) in [7, 11) is 0. The molecule has 1 aromatic carbocycles. The van der Waals surface area contributed by atoms with Crippen molar-refractivity contribution in [2.24, 2.45) is 0 Å². The molecule has 13 heavy (non-hydrogen) atoms. The average molecular weight is 174 g/mol. The zero-order valence-electron chi connectivity index (χ0n) is 7.37. The van der Waals surface area contributed by atoms with Crippen molar-refractivity contribution in [2.75, 3.05) is 0 Å². The lowest BCUT2D eigenvalue weighted by atomic mass is 10.1. The van der Waals surface area contributed by atoms with E-state index < -0.39 is 0 Å². The maximum atomic E-state index is 11.3. The number of nitrogens with one attached hydrogen (secondary N) is 1. The predicted molar refractivity (Wildman–Crippen MR) is 51.7 cm³/mol. The van der Waals surface area contributed by atoms with E-state index in [9.17, 15) is 4.79 Å². The summed E-state index contributed by atoms with van der Waals surface area (Å²) in [6, 6.07) is 5.86. The fraction of sp³-hybridized carbons (Fsp3) is 0.200. The number of hydrogen-bond acceptors (Lipinski definition) is 2. The first kappa shape index (κ1) is 7.98. The molecule has 0 fully saturated rings. The van der Waals surface area contributed by atoms with Crippen molar-refractivity contribution in [3.8, 4) is 0 Å². The van der Waals surface area contributed by atoms with Crippen LogP contribution in [-0.2, 0) is 6.42 Å². The molecule has 0 amide bonds. The fourth-order valence-corrected chi connectivity index (χ4v) is 1.35. The van der Waals surface area contributed by atoms with Gasteiger partial charge in [-0.1, -0.05) is 19.1 Å². The molecule has 0 aliphatic heterocycles. The third-order valence-electron chi connectivity index (χ3n) is 2.14. The van der Waals surface area contributed by atoms with Crippen LogP contribution < -0.4 is 5.56 Å². The van der Waals surface area contributed by atoms with Crippen LogP contribution in [0.3, 0.4) is 0 Å². The minimum Gasteiger partial charge on any atom is -0.267 e. The molecule has 0 bridgehead atoms. The lowest BCUT2D eigenvalue weighted by Gasteiger charge is -1.98. The number of aromatic nitrogens is 2. The van der Waals surface area contributed by atoms with Crippen LogP contribution >= 0.6 is 0 Å². The Kier molecular flexibility index (Phi) is 1.85. The second-order valence-electron chi connectivity index (χ2n) is 2.97. The summed E-state index contributed by atoms with van der Waals surface area (Å²) < 4.78 is 0. The Bertz CT molecular complexity index is 487. The van der Waals surface area contributed by atoms with Crippen molar-refractivity contribution >= 4 is 10.8 Å². The molecule has 3 heteroatoms. The summed E-state index contributed by atoms with van der Waals surface area (Å²) in [5.74, 6) is 0. The van der Waals surface area contributed by atoms with Gasteiger partial charge in [0.05, 0.1) is 11.6 Å². The van der Waals surface area contributed by atoms with Crippen LogP contribution in [-0.4, -0.2) is 10.2 Å². The van der Waals surface area contributed by atoms with E-state index in [-0.39, 0.29) is 5.56 Å². The van der Waals surface area contributed by atoms with Crippen molar-refractivity contribution < 1.29 is 0 Å². The van der Waals surface area contributed by atoms with Gasteiger partial charge in [-0.25, -0.2) is 5.10 Å². The highest BCUT2D eigenvalue weighted by atomic mass is 16.1. The molecule has 0 spiro atoms. The highest BCUT2D eigenvalue weighted by Crippen LogP contribution is 2.10. The van der Waals surface area contributed by atoms with Gasteiger partial charge in [-0.15, -0.1) is 0 Å². The zero-order chi connectivity index (χ0) is 9.26. The highest BCUT2D eigenvalue weighted by molar-refractivity contribution is 5.81. The number of fused-ring (bicyclic) bond motifs is 1. The Hall–Kier alpha value is -1.64. The number of aromatic amines is 1. The van der Waals surface area contributed by atoms with E-state index >= 15 is 0 Å². The molecule has 0 saturated heterocycles. The van der Waals surface area contributed by atoms with Gasteiger partial charge in [0.2, 0.25) is 0 Å². The van der Waals surface area contributed by atoms with Crippen molar-refractivity contribution in [1.29, 1.82) is 0 Å². The van der Waals surface area contributed by atoms with Crippen LogP contribution in [0.4, 0.5) is 0 Å². The van der Waals surface area contributed by atoms with Crippen LogP contribution in [0.25, 0.3) is 10.8 Å². The quantitative estimate of drug-likeness (QED) is 0.711. The lowest BCUT2D eigenvalue weighted by Crippen LogP contribution is -2.07. The first-order valence-electron chi connectivity index (χ1n) is 4.27. The second-order valence-corrected chi connectivity index (χ2v) is 2.97. The number of rotatable bonds is 1. The molecule has 1 heterocycles. The largest absolute Gasteiger partial charge is 0.272 e. The van der Waals surface area contributed by atoms with Gasteiger partial charge in [0.25, 0.3) is 5.56 Å². The Morgan fingerprint density at radius 1 is 1.46 bits per heavy atom. The smallest absolute Gasteiger partial charge is 0.267 e. The Balaban J connectivity index is 2.82. The maximum absolute atomic E-state index is 11.3. The van der Waals surface area contributed by atoms with Gasteiger partial charge in [0.15, 0.2) is 0 Å². The van der Waals surface area contributed by atoms with E-state index in [1.807, 2.05) is 18.2 Å². The molecule has 1 aromatic heterocycles. The lowest BCUT2D eigenvalue weighted by molar-refractivity contribution is 1.01. The molecular formula is C10H10N2O.